The molecule has 1 aromatic heterocycles. The Bertz CT molecular complexity index is 633. The molecule has 1 N–H and O–H groups in total. The standard InChI is InChI=1S/C22H34N4O/c27-21(13-17-7-3-1-2-4-8-17)25-22-19-11-12-26(14-18-9-5-6-10-18)15-20(19)23-16-24-22/h16-18H,1-15H2,(H,23,24,25,27). The Balaban J connectivity index is 1.35. The van der Waals surface area contributed by atoms with Crippen molar-refractivity contribution < 1.29 is 4.79 Å². The van der Waals surface area contributed by atoms with Crippen LogP contribution < -0.4 is 5.32 Å². The first-order valence-corrected chi connectivity index (χ1v) is 11.1. The summed E-state index contributed by atoms with van der Waals surface area (Å²) in [6, 6.07) is 0. The van der Waals surface area contributed by atoms with Gasteiger partial charge < -0.3 is 5.32 Å². The Morgan fingerprint density at radius 1 is 1.00 bits per heavy atom. The summed E-state index contributed by atoms with van der Waals surface area (Å²) in [7, 11) is 0. The number of amides is 1. The van der Waals surface area contributed by atoms with Gasteiger partial charge in [-0.2, -0.15) is 0 Å². The molecule has 2 fully saturated rings. The van der Waals surface area contributed by atoms with Gasteiger partial charge in [0.1, 0.15) is 12.1 Å². The molecule has 2 saturated carbocycles. The zero-order chi connectivity index (χ0) is 18.5. The number of carbonyl (C=O) groups is 1. The predicted octanol–water partition coefficient (Wildman–Crippen LogP) is 4.32. The molecule has 5 heteroatoms. The van der Waals surface area contributed by atoms with Gasteiger partial charge >= 0.3 is 0 Å². The third-order valence-electron chi connectivity index (χ3n) is 6.78. The minimum atomic E-state index is 0.135. The van der Waals surface area contributed by atoms with E-state index in [-0.39, 0.29) is 5.91 Å². The molecule has 3 aliphatic rings. The highest BCUT2D eigenvalue weighted by Gasteiger charge is 2.25. The van der Waals surface area contributed by atoms with Crippen LogP contribution in [0.4, 0.5) is 5.82 Å². The molecule has 0 bridgehead atoms. The number of fused-ring (bicyclic) bond motifs is 1. The molecule has 1 aliphatic heterocycles. The van der Waals surface area contributed by atoms with Crippen LogP contribution in [-0.4, -0.2) is 33.9 Å². The normalized spacial score (nSPS) is 22.4. The lowest BCUT2D eigenvalue weighted by molar-refractivity contribution is -0.117. The molecule has 148 valence electrons. The van der Waals surface area contributed by atoms with Gasteiger partial charge in [-0.1, -0.05) is 38.5 Å². The molecule has 27 heavy (non-hydrogen) atoms. The van der Waals surface area contributed by atoms with Gasteiger partial charge in [0.25, 0.3) is 0 Å². The first-order chi connectivity index (χ1) is 13.3. The van der Waals surface area contributed by atoms with E-state index in [1.807, 2.05) is 0 Å². The van der Waals surface area contributed by atoms with Crippen molar-refractivity contribution in [1.82, 2.24) is 14.9 Å². The highest BCUT2D eigenvalue weighted by Crippen LogP contribution is 2.29. The average molecular weight is 371 g/mol. The van der Waals surface area contributed by atoms with Crippen molar-refractivity contribution in [2.75, 3.05) is 18.4 Å². The van der Waals surface area contributed by atoms with E-state index in [0.717, 1.165) is 42.5 Å². The fourth-order valence-electron chi connectivity index (χ4n) is 5.24. The molecule has 0 radical (unpaired) electrons. The summed E-state index contributed by atoms with van der Waals surface area (Å²) in [6.45, 7) is 3.16. The van der Waals surface area contributed by atoms with Gasteiger partial charge in [-0.05, 0) is 43.9 Å². The van der Waals surface area contributed by atoms with E-state index in [4.69, 9.17) is 0 Å². The van der Waals surface area contributed by atoms with Gasteiger partial charge in [0.2, 0.25) is 5.91 Å². The summed E-state index contributed by atoms with van der Waals surface area (Å²) in [6.07, 6.45) is 16.4. The molecular formula is C22H34N4O. The molecule has 1 amide bonds. The number of nitrogens with zero attached hydrogens (tertiary/aromatic N) is 3. The first-order valence-electron chi connectivity index (χ1n) is 11.1. The third-order valence-corrected chi connectivity index (χ3v) is 6.78. The van der Waals surface area contributed by atoms with Gasteiger partial charge in [-0.3, -0.25) is 9.69 Å². The van der Waals surface area contributed by atoms with Gasteiger partial charge in [0.15, 0.2) is 0 Å². The molecule has 0 aromatic carbocycles. The molecule has 4 rings (SSSR count). The number of carbonyl (C=O) groups excluding carboxylic acids is 1. The molecule has 5 nitrogen and oxygen atoms in total. The van der Waals surface area contributed by atoms with Crippen LogP contribution in [0.5, 0.6) is 0 Å². The molecule has 0 saturated heterocycles. The number of nitrogens with one attached hydrogen (secondary N) is 1. The summed E-state index contributed by atoms with van der Waals surface area (Å²) >= 11 is 0. The van der Waals surface area contributed by atoms with E-state index < -0.39 is 0 Å². The fourth-order valence-corrected chi connectivity index (χ4v) is 5.24. The highest BCUT2D eigenvalue weighted by molar-refractivity contribution is 5.90. The maximum atomic E-state index is 12.6. The number of anilines is 1. The van der Waals surface area contributed by atoms with E-state index in [1.54, 1.807) is 6.33 Å². The second kappa shape index (κ2) is 9.13. The van der Waals surface area contributed by atoms with Crippen LogP contribution in [-0.2, 0) is 17.8 Å². The smallest absolute Gasteiger partial charge is 0.225 e. The second-order valence-electron chi connectivity index (χ2n) is 8.89. The minimum absolute atomic E-state index is 0.135. The number of aromatic nitrogens is 2. The van der Waals surface area contributed by atoms with E-state index in [2.05, 4.69) is 20.2 Å². The van der Waals surface area contributed by atoms with Crippen molar-refractivity contribution in [3.63, 3.8) is 0 Å². The van der Waals surface area contributed by atoms with Crippen molar-refractivity contribution in [2.24, 2.45) is 11.8 Å². The summed E-state index contributed by atoms with van der Waals surface area (Å²) < 4.78 is 0. The lowest BCUT2D eigenvalue weighted by Gasteiger charge is -2.30. The van der Waals surface area contributed by atoms with Gasteiger partial charge in [0.05, 0.1) is 5.69 Å². The van der Waals surface area contributed by atoms with Gasteiger partial charge in [-0.15, -0.1) is 0 Å². The molecule has 1 aromatic rings. The molecule has 0 atom stereocenters. The average Bonchev–Trinajstić information content (AvgIpc) is 3.04. The van der Waals surface area contributed by atoms with E-state index in [9.17, 15) is 4.79 Å². The quantitative estimate of drug-likeness (QED) is 0.784. The Hall–Kier alpha value is -1.49. The summed E-state index contributed by atoms with van der Waals surface area (Å²) in [5.74, 6) is 2.31. The summed E-state index contributed by atoms with van der Waals surface area (Å²) in [5, 5.41) is 3.12. The summed E-state index contributed by atoms with van der Waals surface area (Å²) in [5.41, 5.74) is 2.27. The minimum Gasteiger partial charge on any atom is -0.310 e. The van der Waals surface area contributed by atoms with Crippen LogP contribution >= 0.6 is 0 Å². The van der Waals surface area contributed by atoms with Crippen molar-refractivity contribution in [3.8, 4) is 0 Å². The Morgan fingerprint density at radius 3 is 2.48 bits per heavy atom. The second-order valence-corrected chi connectivity index (χ2v) is 8.89. The molecule has 0 spiro atoms. The number of hydrogen-bond acceptors (Lipinski definition) is 4. The van der Waals surface area contributed by atoms with Crippen LogP contribution in [0.3, 0.4) is 0 Å². The van der Waals surface area contributed by atoms with Crippen molar-refractivity contribution in [3.05, 3.63) is 17.6 Å². The third kappa shape index (κ3) is 5.07. The molecular weight excluding hydrogens is 336 g/mol. The van der Waals surface area contributed by atoms with Crippen LogP contribution in [0.25, 0.3) is 0 Å². The maximum Gasteiger partial charge on any atom is 0.225 e. The zero-order valence-corrected chi connectivity index (χ0v) is 16.6. The van der Waals surface area contributed by atoms with Crippen molar-refractivity contribution in [1.29, 1.82) is 0 Å². The monoisotopic (exact) mass is 370 g/mol. The predicted molar refractivity (Wildman–Crippen MR) is 107 cm³/mol. The maximum absolute atomic E-state index is 12.6. The highest BCUT2D eigenvalue weighted by atomic mass is 16.1. The molecule has 0 unspecified atom stereocenters. The zero-order valence-electron chi connectivity index (χ0n) is 16.6. The van der Waals surface area contributed by atoms with Crippen molar-refractivity contribution >= 4 is 11.7 Å². The number of rotatable bonds is 5. The SMILES string of the molecule is O=C(CC1CCCCCC1)Nc1ncnc2c1CCN(CC1CCCC1)C2. The van der Waals surface area contributed by atoms with E-state index in [1.165, 1.54) is 70.8 Å². The summed E-state index contributed by atoms with van der Waals surface area (Å²) in [4.78, 5) is 24.1. The lowest BCUT2D eigenvalue weighted by atomic mass is 9.96. The molecule has 2 aliphatic carbocycles. The Kier molecular flexibility index (Phi) is 6.38. The van der Waals surface area contributed by atoms with Crippen molar-refractivity contribution in [2.45, 2.75) is 83.6 Å². The first kappa shape index (κ1) is 18.9. The molecule has 2 heterocycles. The lowest BCUT2D eigenvalue weighted by Crippen LogP contribution is -2.35. The Morgan fingerprint density at radius 2 is 1.70 bits per heavy atom. The van der Waals surface area contributed by atoms with Gasteiger partial charge in [-0.25, -0.2) is 9.97 Å². The van der Waals surface area contributed by atoms with Crippen LogP contribution in [0.15, 0.2) is 6.33 Å². The Labute approximate surface area is 163 Å². The number of hydrogen-bond donors (Lipinski definition) is 1. The van der Waals surface area contributed by atoms with Gasteiger partial charge in [0, 0.05) is 31.6 Å². The van der Waals surface area contributed by atoms with Crippen LogP contribution in [0.1, 0.15) is 81.9 Å². The fraction of sp³-hybridized carbons (Fsp3) is 0.773. The van der Waals surface area contributed by atoms with E-state index in [0.29, 0.717) is 12.3 Å². The van der Waals surface area contributed by atoms with E-state index >= 15 is 0 Å². The van der Waals surface area contributed by atoms with Crippen LogP contribution in [0, 0.1) is 11.8 Å². The topological polar surface area (TPSA) is 58.1 Å². The van der Waals surface area contributed by atoms with Crippen LogP contribution in [0.2, 0.25) is 0 Å². The largest absolute Gasteiger partial charge is 0.310 e.